The molecule has 1 aromatic heterocycles. The zero-order valence-corrected chi connectivity index (χ0v) is 17.2. The first-order chi connectivity index (χ1) is 15.2. The standard InChI is InChI=1S/C23H23N5O3/c1-2-24-23(26-14-17-15-31-20(27-17)16-8-4-3-5-9-16)25-12-13-28-21(29)18-10-6-7-11-19(18)22(28)30/h3-11,15H,2,12-14H2,1H3,(H2,24,25,26). The molecule has 2 heterocycles. The van der Waals surface area contributed by atoms with Gasteiger partial charge in [-0.05, 0) is 31.2 Å². The van der Waals surface area contributed by atoms with Crippen LogP contribution in [0.1, 0.15) is 33.3 Å². The van der Waals surface area contributed by atoms with Gasteiger partial charge in [-0.1, -0.05) is 30.3 Å². The smallest absolute Gasteiger partial charge is 0.261 e. The van der Waals surface area contributed by atoms with E-state index in [-0.39, 0.29) is 18.4 Å². The van der Waals surface area contributed by atoms with Crippen molar-refractivity contribution in [2.24, 2.45) is 4.99 Å². The highest BCUT2D eigenvalue weighted by Crippen LogP contribution is 2.21. The summed E-state index contributed by atoms with van der Waals surface area (Å²) in [6.45, 7) is 3.60. The Hall–Kier alpha value is -3.94. The molecule has 0 spiro atoms. The van der Waals surface area contributed by atoms with Crippen LogP contribution in [0.5, 0.6) is 0 Å². The predicted molar refractivity (Wildman–Crippen MR) is 117 cm³/mol. The van der Waals surface area contributed by atoms with Gasteiger partial charge in [-0.2, -0.15) is 0 Å². The lowest BCUT2D eigenvalue weighted by Crippen LogP contribution is -2.43. The van der Waals surface area contributed by atoms with Gasteiger partial charge in [0.15, 0.2) is 5.96 Å². The Kier molecular flexibility index (Phi) is 6.07. The maximum Gasteiger partial charge on any atom is 0.261 e. The first-order valence-corrected chi connectivity index (χ1v) is 10.1. The number of guanidine groups is 1. The third kappa shape index (κ3) is 4.48. The van der Waals surface area contributed by atoms with Gasteiger partial charge in [0.2, 0.25) is 5.89 Å². The molecule has 0 saturated heterocycles. The van der Waals surface area contributed by atoms with E-state index in [9.17, 15) is 9.59 Å². The number of rotatable bonds is 7. The van der Waals surface area contributed by atoms with Crippen molar-refractivity contribution in [1.29, 1.82) is 0 Å². The number of fused-ring (bicyclic) bond motifs is 1. The van der Waals surface area contributed by atoms with Crippen molar-refractivity contribution in [3.63, 3.8) is 0 Å². The number of aromatic nitrogens is 1. The fourth-order valence-corrected chi connectivity index (χ4v) is 3.32. The molecule has 2 amide bonds. The maximum absolute atomic E-state index is 12.5. The van der Waals surface area contributed by atoms with E-state index in [4.69, 9.17) is 4.42 Å². The topological polar surface area (TPSA) is 99.8 Å². The number of carbonyl (C=O) groups is 2. The van der Waals surface area contributed by atoms with Crippen LogP contribution >= 0.6 is 0 Å². The van der Waals surface area contributed by atoms with Gasteiger partial charge in [-0.15, -0.1) is 0 Å². The zero-order valence-electron chi connectivity index (χ0n) is 17.2. The molecule has 8 heteroatoms. The average Bonchev–Trinajstić information content (AvgIpc) is 3.37. The van der Waals surface area contributed by atoms with Crippen LogP contribution in [0.4, 0.5) is 0 Å². The van der Waals surface area contributed by atoms with Crippen LogP contribution in [-0.2, 0) is 6.54 Å². The van der Waals surface area contributed by atoms with Gasteiger partial charge >= 0.3 is 0 Å². The molecular formula is C23H23N5O3. The van der Waals surface area contributed by atoms with E-state index in [1.807, 2.05) is 37.3 Å². The molecule has 4 rings (SSSR count). The highest BCUT2D eigenvalue weighted by atomic mass is 16.3. The Morgan fingerprint density at radius 1 is 1.00 bits per heavy atom. The van der Waals surface area contributed by atoms with Crippen molar-refractivity contribution in [3.05, 3.63) is 77.7 Å². The molecule has 1 aliphatic rings. The summed E-state index contributed by atoms with van der Waals surface area (Å²) in [5.41, 5.74) is 2.52. The van der Waals surface area contributed by atoms with E-state index < -0.39 is 0 Å². The zero-order chi connectivity index (χ0) is 21.6. The number of nitrogens with zero attached hydrogens (tertiary/aromatic N) is 3. The molecule has 31 heavy (non-hydrogen) atoms. The summed E-state index contributed by atoms with van der Waals surface area (Å²) < 4.78 is 5.54. The fraction of sp³-hybridized carbons (Fsp3) is 0.217. The molecule has 0 aliphatic carbocycles. The minimum absolute atomic E-state index is 0.249. The number of hydrogen-bond donors (Lipinski definition) is 2. The molecule has 0 fully saturated rings. The van der Waals surface area contributed by atoms with E-state index in [0.717, 1.165) is 5.56 Å². The molecule has 8 nitrogen and oxygen atoms in total. The van der Waals surface area contributed by atoms with Crippen LogP contribution in [0, 0.1) is 0 Å². The Morgan fingerprint density at radius 3 is 2.35 bits per heavy atom. The largest absolute Gasteiger partial charge is 0.444 e. The number of hydrogen-bond acceptors (Lipinski definition) is 5. The fourth-order valence-electron chi connectivity index (χ4n) is 3.32. The van der Waals surface area contributed by atoms with E-state index in [0.29, 0.717) is 48.3 Å². The lowest BCUT2D eigenvalue weighted by atomic mass is 10.1. The van der Waals surface area contributed by atoms with Crippen molar-refractivity contribution in [2.75, 3.05) is 19.6 Å². The van der Waals surface area contributed by atoms with E-state index in [1.54, 1.807) is 30.5 Å². The highest BCUT2D eigenvalue weighted by molar-refractivity contribution is 6.21. The first kappa shape index (κ1) is 20.3. The third-order valence-electron chi connectivity index (χ3n) is 4.82. The summed E-state index contributed by atoms with van der Waals surface area (Å²) in [6.07, 6.45) is 1.59. The van der Waals surface area contributed by atoms with Crippen LogP contribution < -0.4 is 10.6 Å². The number of amides is 2. The summed E-state index contributed by atoms with van der Waals surface area (Å²) in [5.74, 6) is 0.596. The minimum atomic E-state index is -0.264. The number of imide groups is 1. The van der Waals surface area contributed by atoms with Gasteiger partial charge in [0.25, 0.3) is 11.8 Å². The molecule has 0 bridgehead atoms. The van der Waals surface area contributed by atoms with Crippen LogP contribution in [0.25, 0.3) is 11.5 Å². The van der Waals surface area contributed by atoms with Crippen LogP contribution in [0.3, 0.4) is 0 Å². The van der Waals surface area contributed by atoms with Gasteiger partial charge in [0, 0.05) is 25.2 Å². The third-order valence-corrected chi connectivity index (χ3v) is 4.82. The van der Waals surface area contributed by atoms with Crippen molar-refractivity contribution in [1.82, 2.24) is 20.5 Å². The molecule has 2 N–H and O–H groups in total. The second kappa shape index (κ2) is 9.25. The van der Waals surface area contributed by atoms with Crippen molar-refractivity contribution in [2.45, 2.75) is 13.5 Å². The number of carbonyl (C=O) groups excluding carboxylic acids is 2. The van der Waals surface area contributed by atoms with Gasteiger partial charge in [0.1, 0.15) is 12.0 Å². The van der Waals surface area contributed by atoms with Crippen LogP contribution in [-0.4, -0.2) is 47.3 Å². The molecule has 0 unspecified atom stereocenters. The van der Waals surface area contributed by atoms with Crippen LogP contribution in [0.15, 0.2) is 70.3 Å². The molecule has 1 aliphatic heterocycles. The summed E-state index contributed by atoms with van der Waals surface area (Å²) in [5, 5.41) is 6.31. The molecule has 158 valence electrons. The molecule has 0 atom stereocenters. The SMILES string of the molecule is CCNC(=NCc1coc(-c2ccccc2)n1)NCCN1C(=O)c2ccccc2C1=O. The Bertz CT molecular complexity index is 1070. The summed E-state index contributed by atoms with van der Waals surface area (Å²) in [6, 6.07) is 16.5. The van der Waals surface area contributed by atoms with Gasteiger partial charge in [0.05, 0.1) is 17.7 Å². The van der Waals surface area contributed by atoms with Gasteiger partial charge in [-0.3, -0.25) is 14.5 Å². The Morgan fingerprint density at radius 2 is 1.68 bits per heavy atom. The molecule has 3 aromatic rings. The molecular weight excluding hydrogens is 394 g/mol. The summed E-state index contributed by atoms with van der Waals surface area (Å²) >= 11 is 0. The lowest BCUT2D eigenvalue weighted by molar-refractivity contribution is 0.0657. The number of aliphatic imine (C=N–C) groups is 1. The quantitative estimate of drug-likeness (QED) is 0.348. The molecule has 0 saturated carbocycles. The van der Waals surface area contributed by atoms with Gasteiger partial charge < -0.3 is 15.1 Å². The van der Waals surface area contributed by atoms with Gasteiger partial charge in [-0.25, -0.2) is 9.98 Å². The average molecular weight is 417 g/mol. The maximum atomic E-state index is 12.5. The van der Waals surface area contributed by atoms with Crippen LogP contribution in [0.2, 0.25) is 0 Å². The predicted octanol–water partition coefficient (Wildman–Crippen LogP) is 2.69. The number of oxazole rings is 1. The van der Waals surface area contributed by atoms with E-state index in [1.165, 1.54) is 4.90 Å². The van der Waals surface area contributed by atoms with E-state index >= 15 is 0 Å². The van der Waals surface area contributed by atoms with Crippen molar-refractivity contribution < 1.29 is 14.0 Å². The first-order valence-electron chi connectivity index (χ1n) is 10.1. The second-order valence-electron chi connectivity index (χ2n) is 6.94. The normalized spacial score (nSPS) is 13.5. The number of nitrogens with one attached hydrogen (secondary N) is 2. The summed E-state index contributed by atoms with van der Waals surface area (Å²) in [4.78, 5) is 35.1. The Labute approximate surface area is 180 Å². The lowest BCUT2D eigenvalue weighted by Gasteiger charge is -2.16. The minimum Gasteiger partial charge on any atom is -0.444 e. The number of benzene rings is 2. The van der Waals surface area contributed by atoms with E-state index in [2.05, 4.69) is 20.6 Å². The van der Waals surface area contributed by atoms with Crippen molar-refractivity contribution >= 4 is 17.8 Å². The van der Waals surface area contributed by atoms with Crippen molar-refractivity contribution in [3.8, 4) is 11.5 Å². The molecule has 2 aromatic carbocycles. The monoisotopic (exact) mass is 417 g/mol. The highest BCUT2D eigenvalue weighted by Gasteiger charge is 2.34. The second-order valence-corrected chi connectivity index (χ2v) is 6.94. The molecule has 0 radical (unpaired) electrons. The Balaban J connectivity index is 1.34. The summed E-state index contributed by atoms with van der Waals surface area (Å²) in [7, 11) is 0.